The molecule has 110 valence electrons. The number of nitrogens with zero attached hydrogens (tertiary/aromatic N) is 2. The van der Waals surface area contributed by atoms with Crippen LogP contribution in [0.3, 0.4) is 0 Å². The Bertz CT molecular complexity index is 439. The molecule has 0 aromatic carbocycles. The molecule has 1 aliphatic heterocycles. The number of piperidine rings is 1. The fraction of sp³-hybridized carbons (Fsp3) is 0.643. The number of amides is 1. The van der Waals surface area contributed by atoms with Crippen molar-refractivity contribution in [2.24, 2.45) is 0 Å². The van der Waals surface area contributed by atoms with Crippen molar-refractivity contribution in [2.75, 3.05) is 23.7 Å². The van der Waals surface area contributed by atoms with Crippen molar-refractivity contribution in [1.29, 1.82) is 0 Å². The van der Waals surface area contributed by atoms with E-state index in [1.54, 1.807) is 0 Å². The fourth-order valence-electron chi connectivity index (χ4n) is 2.27. The van der Waals surface area contributed by atoms with Crippen LogP contribution in [0, 0.1) is 0 Å². The van der Waals surface area contributed by atoms with Gasteiger partial charge in [0.2, 0.25) is 5.91 Å². The van der Waals surface area contributed by atoms with Crippen molar-refractivity contribution in [3.8, 4) is 0 Å². The number of anilines is 2. The molecule has 1 unspecified atom stereocenters. The Hall–Kier alpha value is -1.85. The predicted octanol–water partition coefficient (Wildman–Crippen LogP) is 1.55. The van der Waals surface area contributed by atoms with Crippen LogP contribution >= 0.6 is 0 Å². The molecule has 6 nitrogen and oxygen atoms in total. The summed E-state index contributed by atoms with van der Waals surface area (Å²) in [7, 11) is 0. The second-order valence-corrected chi connectivity index (χ2v) is 4.97. The summed E-state index contributed by atoms with van der Waals surface area (Å²) in [5.74, 6) is 2.40. The number of hydrogen-bond acceptors (Lipinski definition) is 5. The highest BCUT2D eigenvalue weighted by Gasteiger charge is 2.22. The number of rotatable bonds is 6. The van der Waals surface area contributed by atoms with E-state index in [1.165, 1.54) is 0 Å². The summed E-state index contributed by atoms with van der Waals surface area (Å²) in [4.78, 5) is 20.7. The highest BCUT2D eigenvalue weighted by atomic mass is 16.2. The van der Waals surface area contributed by atoms with Gasteiger partial charge in [-0.2, -0.15) is 0 Å². The van der Waals surface area contributed by atoms with Gasteiger partial charge in [0.1, 0.15) is 23.5 Å². The van der Waals surface area contributed by atoms with E-state index in [0.29, 0.717) is 0 Å². The minimum Gasteiger partial charge on any atom is -0.370 e. The molecule has 0 aliphatic carbocycles. The van der Waals surface area contributed by atoms with E-state index < -0.39 is 0 Å². The molecule has 2 heterocycles. The minimum absolute atomic E-state index is 0.0527. The molecule has 1 amide bonds. The molecular weight excluding hydrogens is 254 g/mol. The first-order valence-corrected chi connectivity index (χ1v) is 7.39. The number of aryl methyl sites for hydroxylation is 1. The van der Waals surface area contributed by atoms with Crippen molar-refractivity contribution in [1.82, 2.24) is 15.3 Å². The molecule has 6 heteroatoms. The lowest BCUT2D eigenvalue weighted by Crippen LogP contribution is -2.44. The molecular formula is C14H23N5O. The van der Waals surface area contributed by atoms with E-state index in [2.05, 4.69) is 32.8 Å². The fourth-order valence-corrected chi connectivity index (χ4v) is 2.27. The average molecular weight is 277 g/mol. The lowest BCUT2D eigenvalue weighted by molar-refractivity contribution is -0.123. The molecule has 0 spiro atoms. The highest BCUT2D eigenvalue weighted by molar-refractivity contribution is 5.85. The van der Waals surface area contributed by atoms with Gasteiger partial charge in [-0.3, -0.25) is 4.79 Å². The third-order valence-electron chi connectivity index (χ3n) is 3.21. The van der Waals surface area contributed by atoms with E-state index in [0.717, 1.165) is 56.2 Å². The molecule has 20 heavy (non-hydrogen) atoms. The summed E-state index contributed by atoms with van der Waals surface area (Å²) in [6.07, 6.45) is 3.68. The number of hydrogen-bond donors (Lipinski definition) is 3. The maximum atomic E-state index is 11.8. The van der Waals surface area contributed by atoms with Crippen LogP contribution in [0.15, 0.2) is 6.07 Å². The molecule has 1 aliphatic rings. The maximum Gasteiger partial charge on any atom is 0.242 e. The summed E-state index contributed by atoms with van der Waals surface area (Å²) in [6.45, 7) is 5.71. The maximum absolute atomic E-state index is 11.8. The highest BCUT2D eigenvalue weighted by Crippen LogP contribution is 2.16. The van der Waals surface area contributed by atoms with Crippen LogP contribution in [0.4, 0.5) is 11.6 Å². The number of carbonyl (C=O) groups excluding carboxylic acids is 1. The van der Waals surface area contributed by atoms with E-state index in [-0.39, 0.29) is 11.9 Å². The molecule has 1 atom stereocenters. The molecule has 2 rings (SSSR count). The summed E-state index contributed by atoms with van der Waals surface area (Å²) in [5, 5.41) is 9.30. The van der Waals surface area contributed by atoms with E-state index in [9.17, 15) is 4.79 Å². The van der Waals surface area contributed by atoms with Crippen LogP contribution in [0.5, 0.6) is 0 Å². The summed E-state index contributed by atoms with van der Waals surface area (Å²) in [6, 6.07) is 1.67. The van der Waals surface area contributed by atoms with Gasteiger partial charge in [-0.25, -0.2) is 9.97 Å². The monoisotopic (exact) mass is 277 g/mol. The zero-order valence-electron chi connectivity index (χ0n) is 12.2. The first-order chi connectivity index (χ1) is 9.72. The van der Waals surface area contributed by atoms with Crippen LogP contribution in [0.25, 0.3) is 0 Å². The van der Waals surface area contributed by atoms with Gasteiger partial charge in [0.15, 0.2) is 0 Å². The first kappa shape index (κ1) is 14.6. The Balaban J connectivity index is 2.14. The summed E-state index contributed by atoms with van der Waals surface area (Å²) < 4.78 is 0. The van der Waals surface area contributed by atoms with E-state index >= 15 is 0 Å². The van der Waals surface area contributed by atoms with E-state index in [1.807, 2.05) is 13.0 Å². The largest absolute Gasteiger partial charge is 0.370 e. The first-order valence-electron chi connectivity index (χ1n) is 7.39. The van der Waals surface area contributed by atoms with Crippen molar-refractivity contribution < 1.29 is 4.79 Å². The number of nitrogens with one attached hydrogen (secondary N) is 3. The second-order valence-electron chi connectivity index (χ2n) is 4.97. The van der Waals surface area contributed by atoms with Crippen LogP contribution in [-0.2, 0) is 11.2 Å². The predicted molar refractivity (Wildman–Crippen MR) is 79.8 cm³/mol. The Kier molecular flexibility index (Phi) is 5.15. The molecule has 0 bridgehead atoms. The molecule has 3 N–H and O–H groups in total. The van der Waals surface area contributed by atoms with Crippen molar-refractivity contribution in [3.63, 3.8) is 0 Å². The molecule has 1 aromatic rings. The minimum atomic E-state index is -0.192. The Morgan fingerprint density at radius 1 is 1.35 bits per heavy atom. The quantitative estimate of drug-likeness (QED) is 0.735. The normalized spacial score (nSPS) is 18.5. The van der Waals surface area contributed by atoms with Gasteiger partial charge in [0, 0.05) is 25.6 Å². The smallest absolute Gasteiger partial charge is 0.242 e. The van der Waals surface area contributed by atoms with Gasteiger partial charge in [-0.05, 0) is 26.2 Å². The third-order valence-corrected chi connectivity index (χ3v) is 3.21. The van der Waals surface area contributed by atoms with Gasteiger partial charge in [-0.1, -0.05) is 6.92 Å². The molecule has 1 saturated heterocycles. The zero-order chi connectivity index (χ0) is 14.4. The summed E-state index contributed by atoms with van der Waals surface area (Å²) >= 11 is 0. The van der Waals surface area contributed by atoms with Gasteiger partial charge >= 0.3 is 0 Å². The molecule has 0 radical (unpaired) electrons. The zero-order valence-corrected chi connectivity index (χ0v) is 12.2. The van der Waals surface area contributed by atoms with Crippen molar-refractivity contribution >= 4 is 17.5 Å². The van der Waals surface area contributed by atoms with Crippen LogP contribution in [0.2, 0.25) is 0 Å². The lowest BCUT2D eigenvalue weighted by atomic mass is 10.1. The van der Waals surface area contributed by atoms with E-state index in [4.69, 9.17) is 0 Å². The van der Waals surface area contributed by atoms with Crippen LogP contribution in [-0.4, -0.2) is 35.0 Å². The second kappa shape index (κ2) is 7.07. The average Bonchev–Trinajstić information content (AvgIpc) is 2.42. The Morgan fingerprint density at radius 3 is 2.85 bits per heavy atom. The van der Waals surface area contributed by atoms with Crippen LogP contribution in [0.1, 0.15) is 38.9 Å². The Labute approximate surface area is 119 Å². The summed E-state index contributed by atoms with van der Waals surface area (Å²) in [5.41, 5.74) is 0. The van der Waals surface area contributed by atoms with Gasteiger partial charge in [0.25, 0.3) is 0 Å². The molecule has 1 aromatic heterocycles. The van der Waals surface area contributed by atoms with Crippen LogP contribution < -0.4 is 16.0 Å². The Morgan fingerprint density at radius 2 is 2.15 bits per heavy atom. The van der Waals surface area contributed by atoms with Crippen molar-refractivity contribution in [3.05, 3.63) is 11.9 Å². The topological polar surface area (TPSA) is 78.9 Å². The van der Waals surface area contributed by atoms with Gasteiger partial charge in [0.05, 0.1) is 0 Å². The van der Waals surface area contributed by atoms with Crippen molar-refractivity contribution in [2.45, 2.75) is 45.6 Å². The lowest BCUT2D eigenvalue weighted by Gasteiger charge is -2.23. The standard InChI is InChI=1S/C14H23N5O/c1-3-6-11-18-12(15-4-2)9-13(19-11)17-10-7-5-8-16-14(10)20/h9-10H,3-8H2,1-2H3,(H,16,20)(H2,15,17,18,19). The number of carbonyl (C=O) groups is 1. The SMILES string of the molecule is CCCc1nc(NCC)cc(NC2CCCNC2=O)n1. The van der Waals surface area contributed by atoms with Gasteiger partial charge in [-0.15, -0.1) is 0 Å². The number of aromatic nitrogens is 2. The third kappa shape index (κ3) is 3.82. The molecule has 1 fully saturated rings. The van der Waals surface area contributed by atoms with Gasteiger partial charge < -0.3 is 16.0 Å². The molecule has 0 saturated carbocycles.